The monoisotopic (exact) mass is 453 g/mol. The van der Waals surface area contributed by atoms with E-state index in [0.717, 1.165) is 19.3 Å². The Morgan fingerprint density at radius 3 is 1.24 bits per heavy atom. The van der Waals surface area contributed by atoms with Crippen LogP contribution in [-0.4, -0.2) is 4.21 Å². The van der Waals surface area contributed by atoms with E-state index in [1.54, 1.807) is 0 Å². The largest absolute Gasteiger partial charge is 1.00 e. The second-order valence-electron chi connectivity index (χ2n) is 6.04. The molecule has 0 fully saturated rings. The maximum atomic E-state index is 3.34. The van der Waals surface area contributed by atoms with Crippen LogP contribution in [-0.2, 0) is 24.2 Å². The van der Waals surface area contributed by atoms with Crippen LogP contribution >= 0.6 is 0 Å². The van der Waals surface area contributed by atoms with Crippen molar-refractivity contribution in [1.82, 2.24) is 0 Å². The summed E-state index contributed by atoms with van der Waals surface area (Å²) in [6, 6.07) is 0. The van der Waals surface area contributed by atoms with E-state index in [1.807, 2.05) is 0 Å². The Kier molecular flexibility index (Phi) is 20.3. The van der Waals surface area contributed by atoms with Crippen molar-refractivity contribution in [2.75, 3.05) is 0 Å². The maximum Gasteiger partial charge on any atom is -1.00 e. The molecule has 0 atom stereocenters. The van der Waals surface area contributed by atoms with Gasteiger partial charge in [0.1, 0.15) is 0 Å². The van der Waals surface area contributed by atoms with Crippen LogP contribution in [0.1, 0.15) is 60.8 Å². The van der Waals surface area contributed by atoms with Crippen LogP contribution in [0.25, 0.3) is 0 Å². The molecule has 0 N–H and O–H groups in total. The van der Waals surface area contributed by atoms with E-state index in [2.05, 4.69) is 82.2 Å². The van der Waals surface area contributed by atoms with Crippen molar-refractivity contribution in [3.05, 3.63) is 69.9 Å². The van der Waals surface area contributed by atoms with Crippen LogP contribution in [0.15, 0.2) is 51.7 Å². The molecule has 3 heteroatoms. The molecule has 0 spiro atoms. The first-order chi connectivity index (χ1) is 10.9. The topological polar surface area (TPSA) is 0 Å². The summed E-state index contributed by atoms with van der Waals surface area (Å²) in [5, 5.41) is 0. The third kappa shape index (κ3) is 14.6. The second-order valence-corrected chi connectivity index (χ2v) is 6.04. The molecule has 138 valence electrons. The van der Waals surface area contributed by atoms with Gasteiger partial charge in [-0.3, -0.25) is 18.2 Å². The Morgan fingerprint density at radius 2 is 1.16 bits per heavy atom. The zero-order valence-corrected chi connectivity index (χ0v) is 20.3. The molecular weight excluding hydrogens is 426 g/mol. The quantitative estimate of drug-likeness (QED) is 0.459. The van der Waals surface area contributed by atoms with Gasteiger partial charge in [-0.15, -0.1) is 26.2 Å². The van der Waals surface area contributed by atoms with E-state index in [0.29, 0.717) is 0 Å². The molecule has 0 amide bonds. The van der Waals surface area contributed by atoms with Crippen molar-refractivity contribution in [3.8, 4) is 0 Å². The molecule has 3 rings (SSSR count). The molecule has 0 bridgehead atoms. The van der Waals surface area contributed by atoms with Crippen LogP contribution in [0.4, 0.5) is 0 Å². The van der Waals surface area contributed by atoms with Gasteiger partial charge in [-0.1, -0.05) is 34.6 Å². The molecule has 0 aromatic heterocycles. The van der Waals surface area contributed by atoms with Crippen LogP contribution in [0, 0.1) is 18.2 Å². The minimum Gasteiger partial charge on any atom is -1.00 e. The Bertz CT molecular complexity index is 539. The van der Waals surface area contributed by atoms with Gasteiger partial charge in [0.05, 0.1) is 0 Å². The van der Waals surface area contributed by atoms with Crippen LogP contribution < -0.4 is 24.8 Å². The molecule has 0 saturated heterocycles. The van der Waals surface area contributed by atoms with Crippen molar-refractivity contribution in [1.29, 1.82) is 0 Å². The average Bonchev–Trinajstić information content (AvgIpc) is 3.19. The van der Waals surface area contributed by atoms with Gasteiger partial charge in [0.2, 0.25) is 0 Å². The van der Waals surface area contributed by atoms with E-state index in [4.69, 9.17) is 0 Å². The third-order valence-corrected chi connectivity index (χ3v) is 3.58. The molecule has 3 aliphatic carbocycles. The molecule has 0 aromatic rings. The van der Waals surface area contributed by atoms with Crippen molar-refractivity contribution in [3.63, 3.8) is 0 Å². The van der Waals surface area contributed by atoms with Gasteiger partial charge in [-0.2, -0.15) is 16.7 Å². The molecule has 0 heterocycles. The van der Waals surface area contributed by atoms with Crippen molar-refractivity contribution < 1.29 is 49.0 Å². The Balaban J connectivity index is -0.000000266. The summed E-state index contributed by atoms with van der Waals surface area (Å²) in [5.74, 6) is 0. The summed E-state index contributed by atoms with van der Waals surface area (Å²) in [6.07, 6.45) is 19.0. The predicted octanol–water partition coefficient (Wildman–Crippen LogP) is 0.231. The summed E-state index contributed by atoms with van der Waals surface area (Å²) in [4.78, 5) is 0. The zero-order valence-electron chi connectivity index (χ0n) is 16.3. The summed E-state index contributed by atoms with van der Waals surface area (Å²) in [6.45, 7) is 12.7. The summed E-state index contributed by atoms with van der Waals surface area (Å²) in [5.41, 5.74) is 8.28. The smallest absolute Gasteiger partial charge is 1.00 e. The van der Waals surface area contributed by atoms with Crippen molar-refractivity contribution in [2.45, 2.75) is 60.8 Å². The summed E-state index contributed by atoms with van der Waals surface area (Å²) < 4.78 is 3.34. The van der Waals surface area contributed by atoms with Gasteiger partial charge in [0, 0.05) is 0 Å². The maximum absolute atomic E-state index is 3.34. The Labute approximate surface area is 183 Å². The molecule has 3 aliphatic rings. The van der Waals surface area contributed by atoms with Crippen LogP contribution in [0.5, 0.6) is 0 Å². The predicted molar refractivity (Wildman–Crippen MR) is 99.5 cm³/mol. The molecule has 0 unspecified atom stereocenters. The van der Waals surface area contributed by atoms with Gasteiger partial charge >= 0.3 is 28.4 Å². The molecule has 25 heavy (non-hydrogen) atoms. The summed E-state index contributed by atoms with van der Waals surface area (Å²) in [7, 11) is 0. The minimum atomic E-state index is 0. The standard InChI is InChI=1S/3C7H9.CH2.2ClH.Zr/c2*1-6-3-4-7(2)5-6;1-6-4-3-5-7(6)2;;;;/h2*5H,3H2,1-2H3;4H,5H2,1-2H3;1H2;2*1H;/q3*-1;;;;+2/p-2. The van der Waals surface area contributed by atoms with Gasteiger partial charge in [-0.25, -0.2) is 34.9 Å². The number of rotatable bonds is 0. The summed E-state index contributed by atoms with van der Waals surface area (Å²) >= 11 is 1.30. The van der Waals surface area contributed by atoms with Gasteiger partial charge < -0.3 is 24.8 Å². The van der Waals surface area contributed by atoms with Gasteiger partial charge in [0.25, 0.3) is 0 Å². The first-order valence-electron chi connectivity index (χ1n) is 7.96. The fraction of sp³-hybridized carbons (Fsp3) is 0.409. The van der Waals surface area contributed by atoms with Crippen molar-refractivity contribution >= 4 is 4.21 Å². The molecule has 0 nitrogen and oxygen atoms in total. The number of halogens is 2. The fourth-order valence-electron chi connectivity index (χ4n) is 2.12. The van der Waals surface area contributed by atoms with Gasteiger partial charge in [0.15, 0.2) is 0 Å². The van der Waals surface area contributed by atoms with E-state index in [1.165, 1.54) is 57.7 Å². The van der Waals surface area contributed by atoms with E-state index < -0.39 is 0 Å². The van der Waals surface area contributed by atoms with Crippen LogP contribution in [0.2, 0.25) is 0 Å². The van der Waals surface area contributed by atoms with E-state index in [9.17, 15) is 0 Å². The first kappa shape index (κ1) is 29.5. The number of allylic oxidation sites excluding steroid dienone is 12. The normalized spacial score (nSPS) is 16.3. The number of hydrogen-bond acceptors (Lipinski definition) is 0. The SMILES string of the molecule is CC1=C(C)C[C-]=C1.CC1=[C-]CC(C)=C1.CC1=[C-]CC(C)=C1.[CH2]=[Zr+2].[Cl-].[Cl-]. The molecule has 0 radical (unpaired) electrons. The molecule has 0 aliphatic heterocycles. The van der Waals surface area contributed by atoms with Gasteiger partial charge in [-0.05, 0) is 0 Å². The minimum absolute atomic E-state index is 0. The molecule has 0 saturated carbocycles. The first-order valence-corrected chi connectivity index (χ1v) is 9.70. The Morgan fingerprint density at radius 1 is 0.760 bits per heavy atom. The zero-order chi connectivity index (χ0) is 17.8. The van der Waals surface area contributed by atoms with Crippen LogP contribution in [0.3, 0.4) is 0 Å². The third-order valence-electron chi connectivity index (χ3n) is 3.58. The second kappa shape index (κ2) is 17.2. The van der Waals surface area contributed by atoms with Crippen molar-refractivity contribution in [2.24, 2.45) is 0 Å². The Hall–Kier alpha value is -0.227. The van der Waals surface area contributed by atoms with E-state index >= 15 is 0 Å². The van der Waals surface area contributed by atoms with E-state index in [-0.39, 0.29) is 24.8 Å². The fourth-order valence-corrected chi connectivity index (χ4v) is 2.12. The molecular formula is C22H29Cl2Zr-3. The number of hydrogen-bond donors (Lipinski definition) is 0. The average molecular weight is 456 g/mol. The molecule has 0 aromatic carbocycles.